The molecule has 26 heavy (non-hydrogen) atoms. The highest BCUT2D eigenvalue weighted by atomic mass is 16.5. The number of fused-ring (bicyclic) bond motifs is 1. The zero-order chi connectivity index (χ0) is 18.5. The van der Waals surface area contributed by atoms with E-state index >= 15 is 0 Å². The maximum atomic E-state index is 12.6. The lowest BCUT2D eigenvalue weighted by atomic mass is 10.1. The Hall–Kier alpha value is -3.21. The predicted molar refractivity (Wildman–Crippen MR) is 104 cm³/mol. The predicted octanol–water partition coefficient (Wildman–Crippen LogP) is 4.52. The summed E-state index contributed by atoms with van der Waals surface area (Å²) < 4.78 is 10.6. The van der Waals surface area contributed by atoms with Gasteiger partial charge in [0.2, 0.25) is 0 Å². The van der Waals surface area contributed by atoms with Crippen LogP contribution in [0.25, 0.3) is 10.8 Å². The summed E-state index contributed by atoms with van der Waals surface area (Å²) in [6.45, 7) is 0.455. The highest BCUT2D eigenvalue weighted by Gasteiger charge is 2.12. The molecule has 0 aliphatic heterocycles. The Morgan fingerprint density at radius 3 is 2.46 bits per heavy atom. The van der Waals surface area contributed by atoms with Crippen molar-refractivity contribution < 1.29 is 14.3 Å². The van der Waals surface area contributed by atoms with Gasteiger partial charge in [-0.25, -0.2) is 4.79 Å². The molecule has 134 valence electrons. The number of amides is 2. The van der Waals surface area contributed by atoms with Gasteiger partial charge in [0, 0.05) is 19.0 Å². The second kappa shape index (κ2) is 7.78. The molecular weight excluding hydrogens is 328 g/mol. The molecule has 5 heteroatoms. The third kappa shape index (κ3) is 3.72. The lowest BCUT2D eigenvalue weighted by Crippen LogP contribution is -2.30. The van der Waals surface area contributed by atoms with Crippen LogP contribution in [0.4, 0.5) is 10.5 Å². The number of rotatable bonds is 5. The Morgan fingerprint density at radius 2 is 1.69 bits per heavy atom. The molecule has 0 heterocycles. The normalized spacial score (nSPS) is 10.4. The Bertz CT molecular complexity index is 919. The second-order valence-electron chi connectivity index (χ2n) is 6.00. The van der Waals surface area contributed by atoms with E-state index in [0.29, 0.717) is 18.0 Å². The summed E-state index contributed by atoms with van der Waals surface area (Å²) in [7, 11) is 4.96. The molecule has 0 atom stereocenters. The van der Waals surface area contributed by atoms with Crippen LogP contribution in [-0.4, -0.2) is 32.2 Å². The Morgan fingerprint density at radius 1 is 0.962 bits per heavy atom. The van der Waals surface area contributed by atoms with Gasteiger partial charge in [-0.15, -0.1) is 0 Å². The van der Waals surface area contributed by atoms with E-state index in [4.69, 9.17) is 9.47 Å². The Balaban J connectivity index is 1.74. The van der Waals surface area contributed by atoms with Crippen LogP contribution in [0.15, 0.2) is 60.7 Å². The van der Waals surface area contributed by atoms with Crippen LogP contribution in [0.5, 0.6) is 11.5 Å². The topological polar surface area (TPSA) is 50.8 Å². The van der Waals surface area contributed by atoms with Gasteiger partial charge >= 0.3 is 6.03 Å². The van der Waals surface area contributed by atoms with Gasteiger partial charge < -0.3 is 19.7 Å². The van der Waals surface area contributed by atoms with Crippen LogP contribution >= 0.6 is 0 Å². The number of nitrogens with one attached hydrogen (secondary N) is 1. The number of hydrogen-bond acceptors (Lipinski definition) is 3. The van der Waals surface area contributed by atoms with Crippen molar-refractivity contribution >= 4 is 22.5 Å². The van der Waals surface area contributed by atoms with Crippen molar-refractivity contribution in [1.29, 1.82) is 0 Å². The van der Waals surface area contributed by atoms with Crippen molar-refractivity contribution in [1.82, 2.24) is 4.90 Å². The molecule has 0 fully saturated rings. The van der Waals surface area contributed by atoms with E-state index in [2.05, 4.69) is 5.32 Å². The molecule has 0 aliphatic rings. The molecule has 1 N–H and O–H groups in total. The zero-order valence-corrected chi connectivity index (χ0v) is 15.2. The van der Waals surface area contributed by atoms with Crippen LogP contribution in [0.1, 0.15) is 5.56 Å². The number of hydrogen-bond donors (Lipinski definition) is 1. The first kappa shape index (κ1) is 17.6. The minimum Gasteiger partial charge on any atom is -0.493 e. The van der Waals surface area contributed by atoms with Gasteiger partial charge in [-0.2, -0.15) is 0 Å². The third-order valence-electron chi connectivity index (χ3n) is 4.25. The van der Waals surface area contributed by atoms with E-state index in [1.807, 2.05) is 60.7 Å². The van der Waals surface area contributed by atoms with Crippen LogP contribution in [0.3, 0.4) is 0 Å². The molecule has 3 aromatic carbocycles. The molecule has 0 aromatic heterocycles. The molecule has 0 radical (unpaired) electrons. The van der Waals surface area contributed by atoms with Crippen molar-refractivity contribution in [2.45, 2.75) is 6.54 Å². The number of nitrogens with zero attached hydrogens (tertiary/aromatic N) is 1. The molecule has 0 spiro atoms. The molecule has 0 aliphatic carbocycles. The first-order valence-electron chi connectivity index (χ1n) is 8.33. The molecule has 3 aromatic rings. The number of carbonyl (C=O) groups excluding carboxylic acids is 1. The summed E-state index contributed by atoms with van der Waals surface area (Å²) in [6, 6.07) is 19.3. The van der Waals surface area contributed by atoms with Gasteiger partial charge in [0.05, 0.1) is 19.9 Å². The third-order valence-corrected chi connectivity index (χ3v) is 4.25. The maximum absolute atomic E-state index is 12.6. The quantitative estimate of drug-likeness (QED) is 0.736. The van der Waals surface area contributed by atoms with E-state index in [1.165, 1.54) is 0 Å². The van der Waals surface area contributed by atoms with Gasteiger partial charge in [0.25, 0.3) is 0 Å². The molecule has 5 nitrogen and oxygen atoms in total. The lowest BCUT2D eigenvalue weighted by Gasteiger charge is -2.19. The number of anilines is 1. The largest absolute Gasteiger partial charge is 0.493 e. The standard InChI is InChI=1S/C21H22N2O3/c1-23(14-15-11-12-19(25-2)20(13-15)26-3)21(24)22-18-10-6-8-16-7-4-5-9-17(16)18/h4-13H,14H2,1-3H3,(H,22,24). The van der Waals surface area contributed by atoms with Crippen LogP contribution in [0, 0.1) is 0 Å². The number of benzene rings is 3. The molecule has 0 unspecified atom stereocenters. The van der Waals surface area contributed by atoms with E-state index in [0.717, 1.165) is 22.0 Å². The average molecular weight is 350 g/mol. The summed E-state index contributed by atoms with van der Waals surface area (Å²) in [4.78, 5) is 14.2. The van der Waals surface area contributed by atoms with Crippen LogP contribution in [-0.2, 0) is 6.54 Å². The maximum Gasteiger partial charge on any atom is 0.321 e. The highest BCUT2D eigenvalue weighted by Crippen LogP contribution is 2.28. The summed E-state index contributed by atoms with van der Waals surface area (Å²) >= 11 is 0. The molecular formula is C21H22N2O3. The van der Waals surface area contributed by atoms with Crippen molar-refractivity contribution in [3.05, 3.63) is 66.2 Å². The fraction of sp³-hybridized carbons (Fsp3) is 0.190. The van der Waals surface area contributed by atoms with E-state index in [9.17, 15) is 4.79 Å². The summed E-state index contributed by atoms with van der Waals surface area (Å²) in [6.07, 6.45) is 0. The van der Waals surface area contributed by atoms with Crippen molar-refractivity contribution in [2.75, 3.05) is 26.6 Å². The molecule has 0 saturated heterocycles. The van der Waals surface area contributed by atoms with Gasteiger partial charge in [0.15, 0.2) is 11.5 Å². The second-order valence-corrected chi connectivity index (χ2v) is 6.00. The van der Waals surface area contributed by atoms with Gasteiger partial charge in [0.1, 0.15) is 0 Å². The number of urea groups is 1. The van der Waals surface area contributed by atoms with Crippen LogP contribution in [0.2, 0.25) is 0 Å². The SMILES string of the molecule is COc1ccc(CN(C)C(=O)Nc2cccc3ccccc23)cc1OC. The Kier molecular flexibility index (Phi) is 5.27. The molecule has 3 rings (SSSR count). The smallest absolute Gasteiger partial charge is 0.321 e. The molecule has 0 saturated carbocycles. The van der Waals surface area contributed by atoms with E-state index in [-0.39, 0.29) is 6.03 Å². The first-order valence-corrected chi connectivity index (χ1v) is 8.33. The summed E-state index contributed by atoms with van der Waals surface area (Å²) in [5, 5.41) is 5.09. The first-order chi connectivity index (χ1) is 12.6. The summed E-state index contributed by atoms with van der Waals surface area (Å²) in [5.74, 6) is 1.31. The highest BCUT2D eigenvalue weighted by molar-refractivity contribution is 6.01. The molecule has 2 amide bonds. The average Bonchev–Trinajstić information content (AvgIpc) is 2.68. The zero-order valence-electron chi connectivity index (χ0n) is 15.2. The van der Waals surface area contributed by atoms with Gasteiger partial charge in [-0.3, -0.25) is 0 Å². The number of ether oxygens (including phenoxy) is 2. The van der Waals surface area contributed by atoms with Gasteiger partial charge in [-0.1, -0.05) is 42.5 Å². The molecule has 0 bridgehead atoms. The van der Waals surface area contributed by atoms with E-state index < -0.39 is 0 Å². The van der Waals surface area contributed by atoms with Crippen molar-refractivity contribution in [3.8, 4) is 11.5 Å². The monoisotopic (exact) mass is 350 g/mol. The van der Waals surface area contributed by atoms with E-state index in [1.54, 1.807) is 26.2 Å². The van der Waals surface area contributed by atoms with Crippen molar-refractivity contribution in [3.63, 3.8) is 0 Å². The minimum absolute atomic E-state index is 0.170. The Labute approximate surface area is 153 Å². The minimum atomic E-state index is -0.170. The fourth-order valence-electron chi connectivity index (χ4n) is 2.87. The fourth-order valence-corrected chi connectivity index (χ4v) is 2.87. The summed E-state index contributed by atoms with van der Waals surface area (Å²) in [5.41, 5.74) is 1.76. The lowest BCUT2D eigenvalue weighted by molar-refractivity contribution is 0.220. The number of methoxy groups -OCH3 is 2. The number of carbonyl (C=O) groups is 1. The van der Waals surface area contributed by atoms with Crippen molar-refractivity contribution in [2.24, 2.45) is 0 Å². The van der Waals surface area contributed by atoms with Gasteiger partial charge in [-0.05, 0) is 29.1 Å². The van der Waals surface area contributed by atoms with Crippen LogP contribution < -0.4 is 14.8 Å².